The van der Waals surface area contributed by atoms with Gasteiger partial charge in [-0.05, 0) is 67.9 Å². The van der Waals surface area contributed by atoms with E-state index >= 15 is 0 Å². The van der Waals surface area contributed by atoms with Gasteiger partial charge in [-0.2, -0.15) is 11.8 Å². The number of hydrogen-bond donors (Lipinski definition) is 3. The molecule has 0 unspecified atom stereocenters. The first kappa shape index (κ1) is 26.1. The highest BCUT2D eigenvalue weighted by Gasteiger charge is 2.26. The van der Waals surface area contributed by atoms with Gasteiger partial charge in [0.15, 0.2) is 0 Å². The minimum atomic E-state index is -0.173. The summed E-state index contributed by atoms with van der Waals surface area (Å²) >= 11 is 1.99. The highest BCUT2D eigenvalue weighted by Crippen LogP contribution is 2.29. The van der Waals surface area contributed by atoms with Crippen LogP contribution < -0.4 is 26.2 Å². The molecule has 36 heavy (non-hydrogen) atoms. The molecule has 0 radical (unpaired) electrons. The van der Waals surface area contributed by atoms with Crippen molar-refractivity contribution in [3.8, 4) is 0 Å². The number of anilines is 2. The second-order valence-electron chi connectivity index (χ2n) is 9.51. The maximum atomic E-state index is 13.4. The van der Waals surface area contributed by atoms with Crippen LogP contribution in [0.5, 0.6) is 0 Å². The molecule has 2 fully saturated rings. The van der Waals surface area contributed by atoms with Crippen molar-refractivity contribution in [1.29, 1.82) is 0 Å². The van der Waals surface area contributed by atoms with Gasteiger partial charge in [0.05, 0.1) is 6.04 Å². The summed E-state index contributed by atoms with van der Waals surface area (Å²) < 4.78 is 0. The number of rotatable bonds is 8. The minimum absolute atomic E-state index is 0.0569. The van der Waals surface area contributed by atoms with Gasteiger partial charge in [-0.15, -0.1) is 0 Å². The van der Waals surface area contributed by atoms with Crippen molar-refractivity contribution in [2.75, 3.05) is 61.6 Å². The lowest BCUT2D eigenvalue weighted by molar-refractivity contribution is 0.0939. The van der Waals surface area contributed by atoms with Crippen molar-refractivity contribution < 1.29 is 4.79 Å². The van der Waals surface area contributed by atoms with E-state index in [1.807, 2.05) is 44.8 Å². The van der Waals surface area contributed by atoms with Crippen LogP contribution in [0.3, 0.4) is 0 Å². The van der Waals surface area contributed by atoms with Gasteiger partial charge >= 0.3 is 0 Å². The summed E-state index contributed by atoms with van der Waals surface area (Å²) in [4.78, 5) is 22.3. The summed E-state index contributed by atoms with van der Waals surface area (Å²) in [6.45, 7) is 7.97. The number of nitrogens with one attached hydrogen (secondary N) is 2. The van der Waals surface area contributed by atoms with E-state index in [4.69, 9.17) is 5.73 Å². The number of thioether (sulfide) groups is 1. The Kier molecular flexibility index (Phi) is 8.59. The molecule has 2 saturated heterocycles. The summed E-state index contributed by atoms with van der Waals surface area (Å²) in [5.41, 5.74) is 12.8. The molecule has 4 N–H and O–H groups in total. The molecule has 8 heteroatoms. The van der Waals surface area contributed by atoms with E-state index in [1.54, 1.807) is 19.5 Å². The molecule has 0 aliphatic carbocycles. The summed E-state index contributed by atoms with van der Waals surface area (Å²) in [6, 6.07) is 13.0. The molecule has 0 saturated carbocycles. The summed E-state index contributed by atoms with van der Waals surface area (Å²) in [5, 5.41) is 6.55. The maximum absolute atomic E-state index is 13.4. The number of hydrogen-bond acceptors (Lipinski definition) is 7. The minimum Gasteiger partial charge on any atom is -0.404 e. The van der Waals surface area contributed by atoms with Gasteiger partial charge in [0.25, 0.3) is 5.91 Å². The van der Waals surface area contributed by atoms with E-state index in [0.717, 1.165) is 76.9 Å². The van der Waals surface area contributed by atoms with E-state index in [9.17, 15) is 4.79 Å². The molecule has 0 spiro atoms. The molecule has 1 amide bonds. The van der Waals surface area contributed by atoms with Crippen molar-refractivity contribution in [1.82, 2.24) is 10.6 Å². The third-order valence-electron chi connectivity index (χ3n) is 7.07. The molecule has 7 nitrogen and oxygen atoms in total. The van der Waals surface area contributed by atoms with Crippen LogP contribution in [-0.4, -0.2) is 69.9 Å². The molecule has 2 aliphatic rings. The van der Waals surface area contributed by atoms with Crippen molar-refractivity contribution >= 4 is 40.8 Å². The lowest BCUT2D eigenvalue weighted by Crippen LogP contribution is -2.57. The largest absolute Gasteiger partial charge is 0.404 e. The van der Waals surface area contributed by atoms with E-state index in [2.05, 4.69) is 49.7 Å². The fraction of sp³-hybridized carbons (Fsp3) is 0.429. The standard InChI is InChI=1S/C28H38N6OS/c1-19-5-6-25(34-17-24(18-34)31-4)14-27(19)28(35)32-20(2)21-11-22(23(15-29)16-30-3)13-26(12-21)33-7-9-36-10-8-33/h5-6,11-16,20,24,31H,7-10,17-18,29H2,1-4H3,(H,32,35)/t20-/m1/s1. The van der Waals surface area contributed by atoms with E-state index in [1.165, 1.54) is 0 Å². The molecule has 192 valence electrons. The molecule has 0 bridgehead atoms. The Morgan fingerprint density at radius 2 is 1.89 bits per heavy atom. The van der Waals surface area contributed by atoms with Crippen LogP contribution in [0.25, 0.3) is 5.57 Å². The van der Waals surface area contributed by atoms with E-state index in [0.29, 0.717) is 6.04 Å². The monoisotopic (exact) mass is 506 g/mol. The molecule has 2 heterocycles. The number of nitrogens with two attached hydrogens (primary N) is 1. The number of carbonyl (C=O) groups excluding carboxylic acids is 1. The molecule has 1 atom stereocenters. The molecule has 2 aromatic carbocycles. The number of likely N-dealkylation sites (N-methyl/N-ethyl adjacent to an activating group) is 1. The fourth-order valence-electron chi connectivity index (χ4n) is 4.69. The molecular formula is C28H38N6OS. The third-order valence-corrected chi connectivity index (χ3v) is 8.01. The second kappa shape index (κ2) is 11.8. The smallest absolute Gasteiger partial charge is 0.252 e. The van der Waals surface area contributed by atoms with Gasteiger partial charge in [-0.25, -0.2) is 0 Å². The number of benzene rings is 2. The summed E-state index contributed by atoms with van der Waals surface area (Å²) in [7, 11) is 3.73. The van der Waals surface area contributed by atoms with Crippen molar-refractivity contribution in [2.45, 2.75) is 25.9 Å². The Morgan fingerprint density at radius 3 is 2.56 bits per heavy atom. The number of aliphatic imine (C=N–C) groups is 1. The Hall–Kier alpha value is -2.97. The van der Waals surface area contributed by atoms with Crippen molar-refractivity contribution in [3.05, 3.63) is 64.9 Å². The van der Waals surface area contributed by atoms with E-state index in [-0.39, 0.29) is 11.9 Å². The Bertz CT molecular complexity index is 1130. The van der Waals surface area contributed by atoms with Crippen LogP contribution in [0.1, 0.15) is 40.0 Å². The number of allylic oxidation sites excluding steroid dienone is 1. The second-order valence-corrected chi connectivity index (χ2v) is 10.7. The quantitative estimate of drug-likeness (QED) is 0.476. The van der Waals surface area contributed by atoms with Crippen LogP contribution in [0, 0.1) is 6.92 Å². The van der Waals surface area contributed by atoms with Gasteiger partial charge in [-0.1, -0.05) is 6.07 Å². The van der Waals surface area contributed by atoms with Gasteiger partial charge in [0.2, 0.25) is 0 Å². The number of nitrogens with zero attached hydrogens (tertiary/aromatic N) is 3. The van der Waals surface area contributed by atoms with Gasteiger partial charge < -0.3 is 26.2 Å². The van der Waals surface area contributed by atoms with Crippen molar-refractivity contribution in [2.24, 2.45) is 10.7 Å². The fourth-order valence-corrected chi connectivity index (χ4v) is 5.59. The zero-order chi connectivity index (χ0) is 25.7. The lowest BCUT2D eigenvalue weighted by Gasteiger charge is -2.41. The highest BCUT2D eigenvalue weighted by molar-refractivity contribution is 7.99. The first-order chi connectivity index (χ1) is 17.4. The first-order valence-electron chi connectivity index (χ1n) is 12.6. The molecule has 2 aliphatic heterocycles. The van der Waals surface area contributed by atoms with Gasteiger partial charge in [0.1, 0.15) is 0 Å². The molecular weight excluding hydrogens is 468 g/mol. The van der Waals surface area contributed by atoms with Crippen molar-refractivity contribution in [3.63, 3.8) is 0 Å². The molecule has 0 aromatic heterocycles. The van der Waals surface area contributed by atoms with Gasteiger partial charge in [0, 0.05) is 85.7 Å². The maximum Gasteiger partial charge on any atom is 0.252 e. The third kappa shape index (κ3) is 5.87. The molecule has 2 aromatic rings. The number of aryl methyl sites for hydroxylation is 1. The highest BCUT2D eigenvalue weighted by atomic mass is 32.2. The predicted octanol–water partition coefficient (Wildman–Crippen LogP) is 3.45. The normalized spacial score (nSPS) is 17.8. The van der Waals surface area contributed by atoms with Crippen LogP contribution in [0.4, 0.5) is 11.4 Å². The molecule has 4 rings (SSSR count). The number of carbonyl (C=O) groups is 1. The Balaban J connectivity index is 1.58. The average Bonchev–Trinajstić information content (AvgIpc) is 2.87. The van der Waals surface area contributed by atoms with Gasteiger partial charge in [-0.3, -0.25) is 9.79 Å². The van der Waals surface area contributed by atoms with Crippen LogP contribution in [0.2, 0.25) is 0 Å². The lowest BCUT2D eigenvalue weighted by atomic mass is 9.98. The van der Waals surface area contributed by atoms with Crippen LogP contribution in [-0.2, 0) is 0 Å². The predicted molar refractivity (Wildman–Crippen MR) is 155 cm³/mol. The average molecular weight is 507 g/mol. The first-order valence-corrected chi connectivity index (χ1v) is 13.7. The SMILES string of the molecule is CN=CC(=CN)c1cc([C@@H](C)NC(=O)c2cc(N3CC(NC)C3)ccc2C)cc(N2CCSCC2)c1. The zero-order valence-corrected chi connectivity index (χ0v) is 22.6. The number of amides is 1. The summed E-state index contributed by atoms with van der Waals surface area (Å²) in [6.07, 6.45) is 3.37. The zero-order valence-electron chi connectivity index (χ0n) is 21.8. The summed E-state index contributed by atoms with van der Waals surface area (Å²) in [5.74, 6) is 2.17. The van der Waals surface area contributed by atoms with Crippen LogP contribution >= 0.6 is 11.8 Å². The Labute approximate surface area is 219 Å². The Morgan fingerprint density at radius 1 is 1.14 bits per heavy atom. The van der Waals surface area contributed by atoms with E-state index < -0.39 is 0 Å². The van der Waals surface area contributed by atoms with Crippen LogP contribution in [0.15, 0.2) is 47.6 Å². The topological polar surface area (TPSA) is 86.0 Å².